The van der Waals surface area contributed by atoms with Gasteiger partial charge in [-0.15, -0.1) is 0 Å². The summed E-state index contributed by atoms with van der Waals surface area (Å²) in [4.78, 5) is 61.9. The van der Waals surface area contributed by atoms with Crippen molar-refractivity contribution in [3.63, 3.8) is 0 Å². The molecule has 302 valence electrons. The highest BCUT2D eigenvalue weighted by Gasteiger charge is 2.48. The summed E-state index contributed by atoms with van der Waals surface area (Å²) in [6, 6.07) is 9.76. The lowest BCUT2D eigenvalue weighted by Gasteiger charge is -2.38. The van der Waals surface area contributed by atoms with Gasteiger partial charge in [0.1, 0.15) is 13.2 Å². The Balaban J connectivity index is 2.87. The fourth-order valence-electron chi connectivity index (χ4n) is 5.43. The van der Waals surface area contributed by atoms with Crippen LogP contribution >= 0.6 is 11.8 Å². The number of aliphatic carboxylic acids is 1. The SMILES string of the molecule is C=C(OOCCOC(=O)C(C)(CC(CC(C)(C)C)C(=O)O)CC(C)(CC)C(=O)OCCCc1ccccc1)SCC(C)(C)C(=O)OCC(F)(F)C(F)F. The number of ether oxygens (including phenoxy) is 3. The number of carboxylic acids is 1. The van der Waals surface area contributed by atoms with Crippen LogP contribution in [-0.4, -0.2) is 73.5 Å². The van der Waals surface area contributed by atoms with Gasteiger partial charge in [-0.3, -0.25) is 19.2 Å². The van der Waals surface area contributed by atoms with Gasteiger partial charge in [0.15, 0.2) is 11.7 Å². The normalized spacial score (nSPS) is 15.1. The van der Waals surface area contributed by atoms with E-state index in [0.29, 0.717) is 19.3 Å². The topological polar surface area (TPSA) is 135 Å². The second-order valence-corrected chi connectivity index (χ2v) is 16.6. The molecule has 1 N–H and O–H groups in total. The van der Waals surface area contributed by atoms with Gasteiger partial charge < -0.3 is 24.2 Å². The molecule has 3 atom stereocenters. The van der Waals surface area contributed by atoms with Gasteiger partial charge >= 0.3 is 36.2 Å². The fourth-order valence-corrected chi connectivity index (χ4v) is 6.17. The maximum absolute atomic E-state index is 13.7. The highest BCUT2D eigenvalue weighted by atomic mass is 32.2. The summed E-state index contributed by atoms with van der Waals surface area (Å²) in [6.07, 6.45) is -2.22. The van der Waals surface area contributed by atoms with Gasteiger partial charge in [-0.25, -0.2) is 8.78 Å². The van der Waals surface area contributed by atoms with E-state index in [1.807, 2.05) is 51.1 Å². The van der Waals surface area contributed by atoms with Crippen LogP contribution in [0.4, 0.5) is 17.6 Å². The summed E-state index contributed by atoms with van der Waals surface area (Å²) in [5.74, 6) is -8.92. The largest absolute Gasteiger partial charge is 0.481 e. The molecule has 15 heteroatoms. The molecule has 3 unspecified atom stereocenters. The highest BCUT2D eigenvalue weighted by molar-refractivity contribution is 8.02. The molecule has 1 rings (SSSR count). The van der Waals surface area contributed by atoms with Crippen molar-refractivity contribution >= 4 is 35.6 Å². The van der Waals surface area contributed by atoms with E-state index in [-0.39, 0.29) is 55.3 Å². The molecule has 0 aliphatic carbocycles. The van der Waals surface area contributed by atoms with E-state index in [4.69, 9.17) is 19.2 Å². The second kappa shape index (κ2) is 20.9. The summed E-state index contributed by atoms with van der Waals surface area (Å²) >= 11 is 0.866. The van der Waals surface area contributed by atoms with Crippen molar-refractivity contribution in [3.05, 3.63) is 47.6 Å². The predicted octanol–water partition coefficient (Wildman–Crippen LogP) is 8.67. The zero-order valence-electron chi connectivity index (χ0n) is 32.1. The maximum atomic E-state index is 13.7. The van der Waals surface area contributed by atoms with Gasteiger partial charge in [0, 0.05) is 5.75 Å². The summed E-state index contributed by atoms with van der Waals surface area (Å²) in [6.45, 7) is 14.9. The van der Waals surface area contributed by atoms with E-state index in [1.165, 1.54) is 13.8 Å². The number of carbonyl (C=O) groups is 4. The van der Waals surface area contributed by atoms with E-state index in [9.17, 15) is 41.8 Å². The Morgan fingerprint density at radius 3 is 1.96 bits per heavy atom. The predicted molar refractivity (Wildman–Crippen MR) is 192 cm³/mol. The van der Waals surface area contributed by atoms with Crippen LogP contribution in [0.5, 0.6) is 0 Å². The molecule has 1 aromatic carbocycles. The summed E-state index contributed by atoms with van der Waals surface area (Å²) in [5.41, 5.74) is -3.19. The van der Waals surface area contributed by atoms with Crippen molar-refractivity contribution in [3.8, 4) is 0 Å². The van der Waals surface area contributed by atoms with Crippen LogP contribution in [0.2, 0.25) is 0 Å². The van der Waals surface area contributed by atoms with Crippen molar-refractivity contribution in [1.82, 2.24) is 0 Å². The lowest BCUT2D eigenvalue weighted by molar-refractivity contribution is -0.258. The number of alkyl halides is 4. The number of thioether (sulfide) groups is 1. The standard InChI is InChI=1S/C38H56F4O10S/c1-10-36(8,32(46)48-18-14-17-27-15-12-11-13-16-27)23-37(9,22-28(29(43)44)21-34(3,4)5)33(47)49-19-20-51-52-26(2)53-25-35(6,7)31(45)50-24-38(41,42)30(39)40/h11-13,15-16,28,30H,2,10,14,17-25H2,1,3-9H3,(H,43,44). The van der Waals surface area contributed by atoms with E-state index < -0.39 is 65.0 Å². The third-order valence-electron chi connectivity index (χ3n) is 8.55. The molecule has 0 spiro atoms. The Morgan fingerprint density at radius 2 is 1.42 bits per heavy atom. The van der Waals surface area contributed by atoms with Gasteiger partial charge in [0.2, 0.25) is 0 Å². The number of aryl methyl sites for hydroxylation is 1. The molecule has 0 bridgehead atoms. The Morgan fingerprint density at radius 1 is 0.830 bits per heavy atom. The minimum atomic E-state index is -4.48. The summed E-state index contributed by atoms with van der Waals surface area (Å²) in [5, 5.41) is 10.1. The lowest BCUT2D eigenvalue weighted by Crippen LogP contribution is -2.43. The van der Waals surface area contributed by atoms with Gasteiger partial charge in [-0.2, -0.15) is 13.7 Å². The van der Waals surface area contributed by atoms with Crippen LogP contribution in [0.3, 0.4) is 0 Å². The number of carbonyl (C=O) groups excluding carboxylic acids is 3. The van der Waals surface area contributed by atoms with Crippen LogP contribution in [0.15, 0.2) is 42.0 Å². The Labute approximate surface area is 314 Å². The molecule has 0 aliphatic heterocycles. The first-order valence-electron chi connectivity index (χ1n) is 17.4. The van der Waals surface area contributed by atoms with Gasteiger partial charge in [-0.05, 0) is 83.8 Å². The number of carboxylic acid groups (broad SMARTS) is 1. The maximum Gasteiger partial charge on any atom is 0.340 e. The van der Waals surface area contributed by atoms with Crippen LogP contribution in [0.1, 0.15) is 93.1 Å². The van der Waals surface area contributed by atoms with Crippen LogP contribution in [0.25, 0.3) is 0 Å². The molecule has 10 nitrogen and oxygen atoms in total. The molecule has 0 fully saturated rings. The first kappa shape index (κ1) is 47.7. The lowest BCUT2D eigenvalue weighted by atomic mass is 9.66. The monoisotopic (exact) mass is 780 g/mol. The average Bonchev–Trinajstić information content (AvgIpc) is 3.07. The first-order chi connectivity index (χ1) is 24.4. The van der Waals surface area contributed by atoms with E-state index in [2.05, 4.69) is 11.3 Å². The number of rotatable bonds is 25. The Bertz CT molecular complexity index is 1350. The Kier molecular flexibility index (Phi) is 18.8. The molecule has 0 aromatic heterocycles. The zero-order chi connectivity index (χ0) is 40.7. The number of hydrogen-bond donors (Lipinski definition) is 1. The van der Waals surface area contributed by atoms with Crippen LogP contribution in [-0.2, 0) is 49.6 Å². The molecule has 0 saturated heterocycles. The van der Waals surface area contributed by atoms with E-state index >= 15 is 0 Å². The number of esters is 3. The van der Waals surface area contributed by atoms with Crippen molar-refractivity contribution < 1.29 is 65.8 Å². The van der Waals surface area contributed by atoms with Crippen LogP contribution in [0, 0.1) is 27.6 Å². The van der Waals surface area contributed by atoms with E-state index in [1.54, 1.807) is 20.8 Å². The number of hydrogen-bond acceptors (Lipinski definition) is 10. The number of benzene rings is 1. The molecule has 0 saturated carbocycles. The fraction of sp³-hybridized carbons (Fsp3) is 0.684. The Hall–Kier alpha value is -3.33. The van der Waals surface area contributed by atoms with Crippen molar-refractivity contribution in [2.24, 2.45) is 27.6 Å². The molecular weight excluding hydrogens is 724 g/mol. The smallest absolute Gasteiger partial charge is 0.340 e. The van der Waals surface area contributed by atoms with Gasteiger partial charge in [-0.1, -0.05) is 69.8 Å². The zero-order valence-corrected chi connectivity index (χ0v) is 32.9. The molecular formula is C38H56F4O10S. The highest BCUT2D eigenvalue weighted by Crippen LogP contribution is 2.44. The van der Waals surface area contributed by atoms with E-state index in [0.717, 1.165) is 17.3 Å². The van der Waals surface area contributed by atoms with Crippen molar-refractivity contribution in [2.45, 2.75) is 106 Å². The quantitative estimate of drug-likeness (QED) is 0.0194. The summed E-state index contributed by atoms with van der Waals surface area (Å²) < 4.78 is 66.6. The van der Waals surface area contributed by atoms with Gasteiger partial charge in [0.25, 0.3) is 0 Å². The molecule has 53 heavy (non-hydrogen) atoms. The van der Waals surface area contributed by atoms with Crippen LogP contribution < -0.4 is 0 Å². The average molecular weight is 781 g/mol. The molecule has 0 radical (unpaired) electrons. The minimum Gasteiger partial charge on any atom is -0.481 e. The third kappa shape index (κ3) is 17.1. The molecule has 0 amide bonds. The second-order valence-electron chi connectivity index (χ2n) is 15.6. The minimum absolute atomic E-state index is 0.0381. The third-order valence-corrected chi connectivity index (χ3v) is 9.81. The first-order valence-corrected chi connectivity index (χ1v) is 18.4. The molecule has 1 aromatic rings. The summed E-state index contributed by atoms with van der Waals surface area (Å²) in [7, 11) is 0. The van der Waals surface area contributed by atoms with Gasteiger partial charge in [0.05, 0.1) is 28.8 Å². The molecule has 0 aliphatic rings. The van der Waals surface area contributed by atoms with Crippen molar-refractivity contribution in [1.29, 1.82) is 0 Å². The molecule has 0 heterocycles. The number of halogens is 4. The van der Waals surface area contributed by atoms with Crippen molar-refractivity contribution in [2.75, 3.05) is 32.2 Å².